The van der Waals surface area contributed by atoms with Crippen molar-refractivity contribution in [2.45, 2.75) is 47.0 Å². The Labute approximate surface area is 112 Å². The van der Waals surface area contributed by atoms with Crippen molar-refractivity contribution in [3.05, 3.63) is 0 Å². The molecule has 0 fully saturated rings. The van der Waals surface area contributed by atoms with Crippen LogP contribution in [0.25, 0.3) is 0 Å². The summed E-state index contributed by atoms with van der Waals surface area (Å²) in [6.45, 7) is 11.7. The summed E-state index contributed by atoms with van der Waals surface area (Å²) >= 11 is 0. The highest BCUT2D eigenvalue weighted by Crippen LogP contribution is 1.96. The number of nitrogens with one attached hydrogen (secondary N) is 3. The molecule has 5 heteroatoms. The van der Waals surface area contributed by atoms with Crippen molar-refractivity contribution in [3.63, 3.8) is 0 Å². The van der Waals surface area contributed by atoms with E-state index in [1.165, 1.54) is 0 Å². The van der Waals surface area contributed by atoms with Crippen molar-refractivity contribution in [2.24, 2.45) is 0 Å². The van der Waals surface area contributed by atoms with E-state index in [0.717, 1.165) is 45.4 Å². The first-order valence-electron chi connectivity index (χ1n) is 7.04. The van der Waals surface area contributed by atoms with Crippen LogP contribution in [0.5, 0.6) is 0 Å². The van der Waals surface area contributed by atoms with Gasteiger partial charge in [-0.2, -0.15) is 0 Å². The molecule has 0 atom stereocenters. The Bertz CT molecular complexity index is 246. The molecule has 0 amide bonds. The lowest BCUT2D eigenvalue weighted by molar-refractivity contribution is 0.393. The van der Waals surface area contributed by atoms with E-state index >= 15 is 0 Å². The summed E-state index contributed by atoms with van der Waals surface area (Å²) in [4.78, 5) is 3.94. The van der Waals surface area contributed by atoms with Crippen LogP contribution in [0.1, 0.15) is 47.0 Å². The maximum atomic E-state index is 8.03. The molecule has 0 aromatic rings. The molecule has 3 N–H and O–H groups in total. The molecule has 0 rings (SSSR count). The Morgan fingerprint density at radius 2 is 1.17 bits per heavy atom. The summed E-state index contributed by atoms with van der Waals surface area (Å²) in [6, 6.07) is 0. The average molecular weight is 255 g/mol. The molecule has 0 radical (unpaired) electrons. The van der Waals surface area contributed by atoms with Crippen LogP contribution in [0.3, 0.4) is 0 Å². The van der Waals surface area contributed by atoms with Gasteiger partial charge in [-0.15, -0.1) is 0 Å². The predicted octanol–water partition coefficient (Wildman–Crippen LogP) is 2.30. The molecule has 18 heavy (non-hydrogen) atoms. The summed E-state index contributed by atoms with van der Waals surface area (Å²) in [5.74, 6) is 0.680. The van der Waals surface area contributed by atoms with Crippen LogP contribution in [0, 0.1) is 10.8 Å². The Morgan fingerprint density at radius 1 is 0.778 bits per heavy atom. The van der Waals surface area contributed by atoms with E-state index in [0.29, 0.717) is 11.9 Å². The molecule has 0 aromatic heterocycles. The zero-order valence-electron chi connectivity index (χ0n) is 12.3. The number of rotatable bonds is 7. The molecule has 0 unspecified atom stereocenters. The third-order valence-electron chi connectivity index (χ3n) is 2.73. The van der Waals surface area contributed by atoms with Gasteiger partial charge in [-0.1, -0.05) is 20.8 Å². The molecule has 0 bridgehead atoms. The molecule has 0 aromatic carbocycles. The molecule has 5 nitrogen and oxygen atoms in total. The minimum Gasteiger partial charge on any atom is -0.343 e. The van der Waals surface area contributed by atoms with Gasteiger partial charge in [0.1, 0.15) is 0 Å². The fourth-order valence-electron chi connectivity index (χ4n) is 1.84. The lowest BCUT2D eigenvalue weighted by atomic mass is 10.3. The van der Waals surface area contributed by atoms with E-state index < -0.39 is 0 Å². The Balaban J connectivity index is 4.36. The van der Waals surface area contributed by atoms with E-state index in [-0.39, 0.29) is 0 Å². The minimum absolute atomic E-state index is 0.335. The molecule has 0 spiro atoms. The van der Waals surface area contributed by atoms with Crippen molar-refractivity contribution >= 4 is 11.9 Å². The lowest BCUT2D eigenvalue weighted by Gasteiger charge is -2.28. The van der Waals surface area contributed by atoms with E-state index in [1.807, 2.05) is 16.7 Å². The monoisotopic (exact) mass is 255 g/mol. The molecule has 0 saturated carbocycles. The highest BCUT2D eigenvalue weighted by molar-refractivity contribution is 5.95. The fourth-order valence-corrected chi connectivity index (χ4v) is 1.84. The van der Waals surface area contributed by atoms with Crippen LogP contribution in [-0.4, -0.2) is 47.9 Å². The predicted molar refractivity (Wildman–Crippen MR) is 78.3 cm³/mol. The SMILES string of the molecule is CCCN(CC)C(=N)NC(=N)N(CCC)CCC. The summed E-state index contributed by atoms with van der Waals surface area (Å²) in [7, 11) is 0. The summed E-state index contributed by atoms with van der Waals surface area (Å²) in [5.41, 5.74) is 0. The van der Waals surface area contributed by atoms with E-state index in [1.54, 1.807) is 0 Å². The van der Waals surface area contributed by atoms with E-state index in [4.69, 9.17) is 10.8 Å². The Kier molecular flexibility index (Phi) is 9.06. The van der Waals surface area contributed by atoms with Crippen molar-refractivity contribution < 1.29 is 0 Å². The minimum atomic E-state index is 0.335. The first kappa shape index (κ1) is 16.7. The molecule has 0 aliphatic rings. The molecular weight excluding hydrogens is 226 g/mol. The van der Waals surface area contributed by atoms with E-state index in [9.17, 15) is 0 Å². The maximum absolute atomic E-state index is 8.03. The highest BCUT2D eigenvalue weighted by Gasteiger charge is 2.12. The van der Waals surface area contributed by atoms with Gasteiger partial charge >= 0.3 is 0 Å². The van der Waals surface area contributed by atoms with Crippen molar-refractivity contribution in [2.75, 3.05) is 26.2 Å². The maximum Gasteiger partial charge on any atom is 0.197 e. The third kappa shape index (κ3) is 5.89. The van der Waals surface area contributed by atoms with Gasteiger partial charge in [-0.3, -0.25) is 16.1 Å². The first-order valence-corrected chi connectivity index (χ1v) is 7.04. The first-order chi connectivity index (χ1) is 8.60. The van der Waals surface area contributed by atoms with Crippen molar-refractivity contribution in [3.8, 4) is 0 Å². The third-order valence-corrected chi connectivity index (χ3v) is 2.73. The highest BCUT2D eigenvalue weighted by atomic mass is 15.4. The summed E-state index contributed by atoms with van der Waals surface area (Å²) < 4.78 is 0. The molecule has 0 heterocycles. The topological polar surface area (TPSA) is 66.2 Å². The van der Waals surface area contributed by atoms with Crippen molar-refractivity contribution in [1.29, 1.82) is 10.8 Å². The lowest BCUT2D eigenvalue weighted by Crippen LogP contribution is -2.49. The zero-order chi connectivity index (χ0) is 14.0. The second-order valence-electron chi connectivity index (χ2n) is 4.39. The Hall–Kier alpha value is -1.26. The van der Waals surface area contributed by atoms with Gasteiger partial charge < -0.3 is 9.80 Å². The van der Waals surface area contributed by atoms with Crippen molar-refractivity contribution in [1.82, 2.24) is 15.1 Å². The Morgan fingerprint density at radius 3 is 1.56 bits per heavy atom. The van der Waals surface area contributed by atoms with Gasteiger partial charge in [-0.05, 0) is 26.2 Å². The summed E-state index contributed by atoms with van der Waals surface area (Å²) in [6.07, 6.45) is 3.05. The standard InChI is InChI=1S/C13H29N5/c1-5-9-17(8-4)12(14)16-13(15)18(10-6-2)11-7-3/h5-11H2,1-4H3,(H3,14,15,16). The number of guanidine groups is 2. The second-order valence-corrected chi connectivity index (χ2v) is 4.39. The van der Waals surface area contributed by atoms with Crippen LogP contribution < -0.4 is 5.32 Å². The molecule has 0 saturated heterocycles. The largest absolute Gasteiger partial charge is 0.343 e. The quantitative estimate of drug-likeness (QED) is 0.483. The molecule has 0 aliphatic carbocycles. The van der Waals surface area contributed by atoms with E-state index in [2.05, 4.69) is 26.1 Å². The van der Waals surface area contributed by atoms with Gasteiger partial charge in [-0.25, -0.2) is 0 Å². The molecular formula is C13H29N5. The number of hydrogen-bond donors (Lipinski definition) is 3. The van der Waals surface area contributed by atoms with Gasteiger partial charge in [0.25, 0.3) is 0 Å². The van der Waals surface area contributed by atoms with Crippen LogP contribution in [-0.2, 0) is 0 Å². The normalized spacial score (nSPS) is 10.0. The second kappa shape index (κ2) is 9.74. The molecule has 0 aliphatic heterocycles. The van der Waals surface area contributed by atoms with Crippen LogP contribution in [0.4, 0.5) is 0 Å². The number of nitrogens with zero attached hydrogens (tertiary/aromatic N) is 2. The fraction of sp³-hybridized carbons (Fsp3) is 0.846. The average Bonchev–Trinajstić information content (AvgIpc) is 2.35. The van der Waals surface area contributed by atoms with Gasteiger partial charge in [0.2, 0.25) is 0 Å². The molecule has 106 valence electrons. The van der Waals surface area contributed by atoms with Crippen LogP contribution in [0.2, 0.25) is 0 Å². The zero-order valence-corrected chi connectivity index (χ0v) is 12.3. The van der Waals surface area contributed by atoms with Gasteiger partial charge in [0, 0.05) is 26.2 Å². The number of hydrogen-bond acceptors (Lipinski definition) is 2. The van der Waals surface area contributed by atoms with Crippen LogP contribution >= 0.6 is 0 Å². The van der Waals surface area contributed by atoms with Gasteiger partial charge in [0.05, 0.1) is 0 Å². The summed E-state index contributed by atoms with van der Waals surface area (Å²) in [5, 5.41) is 18.9. The smallest absolute Gasteiger partial charge is 0.197 e. The van der Waals surface area contributed by atoms with Crippen LogP contribution in [0.15, 0.2) is 0 Å². The van der Waals surface area contributed by atoms with Gasteiger partial charge in [0.15, 0.2) is 11.9 Å².